The number of benzene rings is 1. The number of carbonyl (C=O) groups is 1. The summed E-state index contributed by atoms with van der Waals surface area (Å²) in [7, 11) is 0. The predicted molar refractivity (Wildman–Crippen MR) is 82.9 cm³/mol. The minimum absolute atomic E-state index is 0.0229. The van der Waals surface area contributed by atoms with E-state index in [1.165, 1.54) is 11.8 Å². The first-order valence-corrected chi connectivity index (χ1v) is 7.67. The molecule has 0 saturated heterocycles. The summed E-state index contributed by atoms with van der Waals surface area (Å²) >= 11 is 4.63. The van der Waals surface area contributed by atoms with Crippen LogP contribution in [0.3, 0.4) is 0 Å². The lowest BCUT2D eigenvalue weighted by molar-refractivity contribution is 0.102. The Hall–Kier alpha value is -1.64. The molecule has 0 radical (unpaired) electrons. The fourth-order valence-corrected chi connectivity index (χ4v) is 2.76. The summed E-state index contributed by atoms with van der Waals surface area (Å²) < 4.78 is 0.939. The van der Waals surface area contributed by atoms with Gasteiger partial charge in [0.15, 0.2) is 5.78 Å². The quantitative estimate of drug-likeness (QED) is 0.620. The molecule has 1 aromatic carbocycles. The highest BCUT2D eigenvalue weighted by atomic mass is 79.9. The zero-order chi connectivity index (χ0) is 14.5. The molecule has 5 heteroatoms. The van der Waals surface area contributed by atoms with Crippen LogP contribution >= 0.6 is 27.7 Å². The number of nitriles is 1. The second-order valence-electron chi connectivity index (χ2n) is 4.14. The van der Waals surface area contributed by atoms with Crippen molar-refractivity contribution in [3.05, 3.63) is 57.7 Å². The third-order valence-corrected chi connectivity index (χ3v) is 4.15. The largest absolute Gasteiger partial charge is 0.293 e. The van der Waals surface area contributed by atoms with E-state index in [-0.39, 0.29) is 11.5 Å². The van der Waals surface area contributed by atoms with Crippen molar-refractivity contribution in [2.24, 2.45) is 0 Å². The minimum atomic E-state index is 0.0229. The standard InChI is InChI=1S/C15H11BrN2OS/c1-10-2-3-12(8-17)15(18-10)20-9-14(19)11-4-6-13(16)7-5-11/h2-7H,9H2,1H3. The summed E-state index contributed by atoms with van der Waals surface area (Å²) in [6, 6.07) is 12.8. The van der Waals surface area contributed by atoms with E-state index in [9.17, 15) is 4.79 Å². The number of hydrogen-bond donors (Lipinski definition) is 0. The molecule has 0 spiro atoms. The number of Topliss-reactive ketones (excluding diaryl/α,β-unsaturated/α-hetero) is 1. The number of aromatic nitrogens is 1. The lowest BCUT2D eigenvalue weighted by Gasteiger charge is -2.04. The number of nitrogens with zero attached hydrogens (tertiary/aromatic N) is 2. The number of pyridine rings is 1. The number of carbonyl (C=O) groups excluding carboxylic acids is 1. The molecule has 1 aromatic heterocycles. The van der Waals surface area contributed by atoms with Crippen molar-refractivity contribution >= 4 is 33.5 Å². The Morgan fingerprint density at radius 2 is 2.00 bits per heavy atom. The fraction of sp³-hybridized carbons (Fsp3) is 0.133. The molecule has 20 heavy (non-hydrogen) atoms. The number of halogens is 1. The monoisotopic (exact) mass is 346 g/mol. The van der Waals surface area contributed by atoms with Gasteiger partial charge in [0.05, 0.1) is 11.3 Å². The van der Waals surface area contributed by atoms with Crippen molar-refractivity contribution in [3.8, 4) is 6.07 Å². The normalized spacial score (nSPS) is 10.1. The molecule has 3 nitrogen and oxygen atoms in total. The molecule has 0 aliphatic rings. The zero-order valence-electron chi connectivity index (χ0n) is 10.8. The van der Waals surface area contributed by atoms with E-state index < -0.39 is 0 Å². The van der Waals surface area contributed by atoms with Crippen LogP contribution in [0.25, 0.3) is 0 Å². The van der Waals surface area contributed by atoms with E-state index in [1.807, 2.05) is 19.1 Å². The van der Waals surface area contributed by atoms with Crippen LogP contribution < -0.4 is 0 Å². The number of rotatable bonds is 4. The van der Waals surface area contributed by atoms with Gasteiger partial charge in [0.1, 0.15) is 11.1 Å². The highest BCUT2D eigenvalue weighted by molar-refractivity contribution is 9.10. The first-order chi connectivity index (χ1) is 9.60. The Bertz CT molecular complexity index is 677. The molecule has 0 bridgehead atoms. The van der Waals surface area contributed by atoms with E-state index in [0.29, 0.717) is 16.2 Å². The van der Waals surface area contributed by atoms with Crippen LogP contribution in [0.1, 0.15) is 21.6 Å². The van der Waals surface area contributed by atoms with Gasteiger partial charge < -0.3 is 0 Å². The minimum Gasteiger partial charge on any atom is -0.293 e. The second-order valence-corrected chi connectivity index (χ2v) is 6.02. The van der Waals surface area contributed by atoms with Crippen LogP contribution in [0, 0.1) is 18.3 Å². The van der Waals surface area contributed by atoms with Crippen molar-refractivity contribution in [3.63, 3.8) is 0 Å². The van der Waals surface area contributed by atoms with E-state index in [1.54, 1.807) is 24.3 Å². The molecule has 2 aromatic rings. The van der Waals surface area contributed by atoms with E-state index >= 15 is 0 Å². The van der Waals surface area contributed by atoms with Crippen LogP contribution in [-0.4, -0.2) is 16.5 Å². The van der Waals surface area contributed by atoms with E-state index in [4.69, 9.17) is 5.26 Å². The van der Waals surface area contributed by atoms with Crippen molar-refractivity contribution in [2.75, 3.05) is 5.75 Å². The maximum Gasteiger partial charge on any atom is 0.173 e. The van der Waals surface area contributed by atoms with Gasteiger partial charge in [-0.15, -0.1) is 0 Å². The van der Waals surface area contributed by atoms with Crippen molar-refractivity contribution in [1.82, 2.24) is 4.98 Å². The van der Waals surface area contributed by atoms with Gasteiger partial charge in [-0.2, -0.15) is 5.26 Å². The third kappa shape index (κ3) is 3.69. The summed E-state index contributed by atoms with van der Waals surface area (Å²) in [5.41, 5.74) is 2.00. The number of hydrogen-bond acceptors (Lipinski definition) is 4. The molecule has 0 aliphatic carbocycles. The van der Waals surface area contributed by atoms with Crippen LogP contribution in [-0.2, 0) is 0 Å². The highest BCUT2D eigenvalue weighted by Crippen LogP contribution is 2.22. The first kappa shape index (κ1) is 14.8. The van der Waals surface area contributed by atoms with Crippen molar-refractivity contribution < 1.29 is 4.79 Å². The molecular weight excluding hydrogens is 336 g/mol. The molecule has 0 saturated carbocycles. The molecule has 2 rings (SSSR count). The smallest absolute Gasteiger partial charge is 0.173 e. The van der Waals surface area contributed by atoms with Gasteiger partial charge in [-0.05, 0) is 31.2 Å². The third-order valence-electron chi connectivity index (χ3n) is 2.63. The van der Waals surface area contributed by atoms with Gasteiger partial charge in [0, 0.05) is 15.7 Å². The predicted octanol–water partition coefficient (Wildman–Crippen LogP) is 4.00. The average molecular weight is 347 g/mol. The first-order valence-electron chi connectivity index (χ1n) is 5.89. The van der Waals surface area contributed by atoms with Crippen molar-refractivity contribution in [2.45, 2.75) is 11.9 Å². The molecule has 0 fully saturated rings. The number of aryl methyl sites for hydroxylation is 1. The topological polar surface area (TPSA) is 53.8 Å². The molecule has 1 heterocycles. The number of thioether (sulfide) groups is 1. The fourth-order valence-electron chi connectivity index (χ4n) is 1.58. The Balaban J connectivity index is 2.09. The van der Waals surface area contributed by atoms with Gasteiger partial charge in [0.2, 0.25) is 0 Å². The molecule has 100 valence electrons. The van der Waals surface area contributed by atoms with Crippen molar-refractivity contribution in [1.29, 1.82) is 5.26 Å². The SMILES string of the molecule is Cc1ccc(C#N)c(SCC(=O)c2ccc(Br)cc2)n1. The summed E-state index contributed by atoms with van der Waals surface area (Å²) in [6.07, 6.45) is 0. The van der Waals surface area contributed by atoms with Crippen LogP contribution in [0.4, 0.5) is 0 Å². The van der Waals surface area contributed by atoms with E-state index in [0.717, 1.165) is 10.2 Å². The molecule has 0 amide bonds. The van der Waals surface area contributed by atoms with E-state index in [2.05, 4.69) is 27.0 Å². The molecule has 0 atom stereocenters. The average Bonchev–Trinajstić information content (AvgIpc) is 2.45. The Kier molecular flexibility index (Phi) is 4.94. The summed E-state index contributed by atoms with van der Waals surface area (Å²) in [5.74, 6) is 0.293. The van der Waals surface area contributed by atoms with Gasteiger partial charge in [-0.1, -0.05) is 39.8 Å². The van der Waals surface area contributed by atoms with Crippen LogP contribution in [0.15, 0.2) is 45.9 Å². The van der Waals surface area contributed by atoms with Crippen LogP contribution in [0.2, 0.25) is 0 Å². The molecular formula is C15H11BrN2OS. The lowest BCUT2D eigenvalue weighted by atomic mass is 10.2. The van der Waals surface area contributed by atoms with Gasteiger partial charge in [0.25, 0.3) is 0 Å². The second kappa shape index (κ2) is 6.69. The Labute approximate surface area is 130 Å². The number of ketones is 1. The zero-order valence-corrected chi connectivity index (χ0v) is 13.2. The highest BCUT2D eigenvalue weighted by Gasteiger charge is 2.10. The molecule has 0 N–H and O–H groups in total. The summed E-state index contributed by atoms with van der Waals surface area (Å²) in [6.45, 7) is 1.86. The summed E-state index contributed by atoms with van der Waals surface area (Å²) in [4.78, 5) is 16.4. The van der Waals surface area contributed by atoms with Crippen LogP contribution in [0.5, 0.6) is 0 Å². The lowest BCUT2D eigenvalue weighted by Crippen LogP contribution is -2.03. The maximum absolute atomic E-state index is 12.1. The van der Waals surface area contributed by atoms with Gasteiger partial charge in [-0.3, -0.25) is 4.79 Å². The maximum atomic E-state index is 12.1. The summed E-state index contributed by atoms with van der Waals surface area (Å²) in [5, 5.41) is 9.64. The Morgan fingerprint density at radius 3 is 2.65 bits per heavy atom. The van der Waals surface area contributed by atoms with Gasteiger partial charge >= 0.3 is 0 Å². The Morgan fingerprint density at radius 1 is 1.30 bits per heavy atom. The van der Waals surface area contributed by atoms with Gasteiger partial charge in [-0.25, -0.2) is 4.98 Å². The molecule has 0 unspecified atom stereocenters. The molecule has 0 aliphatic heterocycles.